The van der Waals surface area contributed by atoms with Gasteiger partial charge in [0.1, 0.15) is 12.1 Å². The molecule has 0 saturated carbocycles. The van der Waals surface area contributed by atoms with Gasteiger partial charge in [-0.3, -0.25) is 24.5 Å². The van der Waals surface area contributed by atoms with Gasteiger partial charge in [-0.25, -0.2) is 0 Å². The lowest BCUT2D eigenvalue weighted by atomic mass is 10.1. The van der Waals surface area contributed by atoms with Gasteiger partial charge in [-0.15, -0.1) is 0 Å². The standard InChI is InChI=1S/C8H11NO8.Al.3H/c10-5(11)1-3(7(14)15)9-4(8(16)17)2-6(12)13;;;;/h3-4,9H,1-2H2,(H,10,11)(H,12,13)(H,14,15)(H,16,17);;;;. The van der Waals surface area contributed by atoms with Crippen molar-refractivity contribution in [1.82, 2.24) is 5.32 Å². The Morgan fingerprint density at radius 3 is 1.22 bits per heavy atom. The van der Waals surface area contributed by atoms with Crippen LogP contribution in [0.15, 0.2) is 0 Å². The number of carbonyl (C=O) groups is 4. The molecule has 0 spiro atoms. The van der Waals surface area contributed by atoms with Crippen molar-refractivity contribution in [3.8, 4) is 0 Å². The Morgan fingerprint density at radius 1 is 0.778 bits per heavy atom. The van der Waals surface area contributed by atoms with Gasteiger partial charge in [0.05, 0.1) is 12.8 Å². The molecule has 9 nitrogen and oxygen atoms in total. The molecular weight excluding hydrogens is 265 g/mol. The maximum Gasteiger partial charge on any atom is 0.321 e. The summed E-state index contributed by atoms with van der Waals surface area (Å²) >= 11 is 0. The number of rotatable bonds is 8. The molecule has 18 heavy (non-hydrogen) atoms. The van der Waals surface area contributed by atoms with Crippen LogP contribution in [0.3, 0.4) is 0 Å². The molecule has 0 aliphatic rings. The summed E-state index contributed by atoms with van der Waals surface area (Å²) in [7, 11) is 0. The van der Waals surface area contributed by atoms with Crippen molar-refractivity contribution >= 4 is 41.2 Å². The Balaban J connectivity index is 0. The second-order valence-corrected chi connectivity index (χ2v) is 3.14. The second kappa shape index (κ2) is 8.46. The number of nitrogens with one attached hydrogen (secondary N) is 1. The summed E-state index contributed by atoms with van der Waals surface area (Å²) in [5.74, 6) is -6.01. The smallest absolute Gasteiger partial charge is 0.321 e. The van der Waals surface area contributed by atoms with Crippen LogP contribution >= 0.6 is 0 Å². The summed E-state index contributed by atoms with van der Waals surface area (Å²) in [6.45, 7) is 0. The van der Waals surface area contributed by atoms with Gasteiger partial charge in [-0.1, -0.05) is 0 Å². The van der Waals surface area contributed by atoms with Crippen LogP contribution < -0.4 is 5.32 Å². The van der Waals surface area contributed by atoms with Crippen molar-refractivity contribution in [1.29, 1.82) is 0 Å². The van der Waals surface area contributed by atoms with E-state index in [9.17, 15) is 19.2 Å². The van der Waals surface area contributed by atoms with Gasteiger partial charge in [-0.05, 0) is 0 Å². The van der Waals surface area contributed by atoms with Gasteiger partial charge in [0.25, 0.3) is 0 Å². The highest BCUT2D eigenvalue weighted by Crippen LogP contribution is 2.00. The van der Waals surface area contributed by atoms with Gasteiger partial charge < -0.3 is 20.4 Å². The lowest BCUT2D eigenvalue weighted by Crippen LogP contribution is -2.48. The van der Waals surface area contributed by atoms with E-state index in [0.717, 1.165) is 0 Å². The quantitative estimate of drug-likeness (QED) is 0.296. The lowest BCUT2D eigenvalue weighted by molar-refractivity contribution is -0.150. The van der Waals surface area contributed by atoms with Crippen molar-refractivity contribution in [2.75, 3.05) is 0 Å². The topological polar surface area (TPSA) is 161 Å². The van der Waals surface area contributed by atoms with Crippen molar-refractivity contribution in [2.45, 2.75) is 24.9 Å². The Bertz CT molecular complexity index is 312. The zero-order chi connectivity index (χ0) is 13.6. The van der Waals surface area contributed by atoms with Crippen LogP contribution in [-0.4, -0.2) is 73.7 Å². The van der Waals surface area contributed by atoms with Crippen LogP contribution in [0.4, 0.5) is 0 Å². The maximum absolute atomic E-state index is 10.6. The number of hydrogen-bond donors (Lipinski definition) is 5. The summed E-state index contributed by atoms with van der Waals surface area (Å²) < 4.78 is 0. The molecule has 0 aromatic heterocycles. The van der Waals surface area contributed by atoms with E-state index in [2.05, 4.69) is 0 Å². The van der Waals surface area contributed by atoms with E-state index in [4.69, 9.17) is 20.4 Å². The molecule has 0 aliphatic carbocycles. The van der Waals surface area contributed by atoms with Crippen molar-refractivity contribution in [2.24, 2.45) is 0 Å². The first-order valence-electron chi connectivity index (χ1n) is 4.39. The van der Waals surface area contributed by atoms with Crippen LogP contribution in [0.2, 0.25) is 0 Å². The summed E-state index contributed by atoms with van der Waals surface area (Å²) in [6.07, 6.45) is -1.70. The number of carboxylic acid groups (broad SMARTS) is 4. The minimum Gasteiger partial charge on any atom is -0.481 e. The molecule has 5 N–H and O–H groups in total. The van der Waals surface area contributed by atoms with Crippen LogP contribution in [0.25, 0.3) is 0 Å². The highest BCUT2D eigenvalue weighted by atomic mass is 27.0. The minimum atomic E-state index is -1.66. The van der Waals surface area contributed by atoms with E-state index in [-0.39, 0.29) is 17.4 Å². The monoisotopic (exact) mass is 279 g/mol. The highest BCUT2D eigenvalue weighted by Gasteiger charge is 2.29. The van der Waals surface area contributed by atoms with E-state index in [1.807, 2.05) is 5.32 Å². The third kappa shape index (κ3) is 7.61. The van der Waals surface area contributed by atoms with Crippen LogP contribution in [-0.2, 0) is 19.2 Å². The number of hydrogen-bond acceptors (Lipinski definition) is 5. The normalized spacial score (nSPS) is 12.9. The number of carboxylic acids is 4. The molecule has 2 unspecified atom stereocenters. The van der Waals surface area contributed by atoms with Crippen LogP contribution in [0.5, 0.6) is 0 Å². The molecule has 0 radical (unpaired) electrons. The first-order chi connectivity index (χ1) is 7.73. The molecule has 0 saturated heterocycles. The fraction of sp³-hybridized carbons (Fsp3) is 0.500. The molecule has 0 amide bonds. The van der Waals surface area contributed by atoms with Gasteiger partial charge in [-0.2, -0.15) is 0 Å². The zero-order valence-corrected chi connectivity index (χ0v) is 8.49. The summed E-state index contributed by atoms with van der Waals surface area (Å²) in [5.41, 5.74) is 0. The Kier molecular flexibility index (Phi) is 8.80. The van der Waals surface area contributed by atoms with E-state index >= 15 is 0 Å². The fourth-order valence-electron chi connectivity index (χ4n) is 1.03. The molecule has 2 atom stereocenters. The highest BCUT2D eigenvalue weighted by molar-refractivity contribution is 5.84. The molecule has 0 aliphatic heterocycles. The largest absolute Gasteiger partial charge is 0.481 e. The molecule has 0 heterocycles. The Hall–Kier alpha value is -1.63. The van der Waals surface area contributed by atoms with Crippen molar-refractivity contribution in [3.05, 3.63) is 0 Å². The van der Waals surface area contributed by atoms with Gasteiger partial charge in [0, 0.05) is 0 Å². The van der Waals surface area contributed by atoms with E-state index in [1.165, 1.54) is 0 Å². The molecule has 0 aromatic rings. The van der Waals surface area contributed by atoms with E-state index in [0.29, 0.717) is 0 Å². The predicted octanol–water partition coefficient (Wildman–Crippen LogP) is -2.75. The molecule has 0 rings (SSSR count). The Morgan fingerprint density at radius 2 is 1.06 bits per heavy atom. The zero-order valence-electron chi connectivity index (χ0n) is 8.49. The van der Waals surface area contributed by atoms with Crippen LogP contribution in [0.1, 0.15) is 12.8 Å². The number of aliphatic carboxylic acids is 4. The second-order valence-electron chi connectivity index (χ2n) is 3.14. The predicted molar refractivity (Wildman–Crippen MR) is 60.4 cm³/mol. The third-order valence-electron chi connectivity index (χ3n) is 1.76. The SMILES string of the molecule is O=C(O)CC(NC(CC(=O)O)C(=O)O)C(=O)O.[AlH3]. The van der Waals surface area contributed by atoms with E-state index < -0.39 is 48.8 Å². The third-order valence-corrected chi connectivity index (χ3v) is 1.76. The molecule has 0 aromatic carbocycles. The fourth-order valence-corrected chi connectivity index (χ4v) is 1.03. The van der Waals surface area contributed by atoms with Crippen molar-refractivity contribution < 1.29 is 39.6 Å². The van der Waals surface area contributed by atoms with E-state index in [1.54, 1.807) is 0 Å². The maximum atomic E-state index is 10.6. The first kappa shape index (κ1) is 18.7. The van der Waals surface area contributed by atoms with Crippen LogP contribution in [0, 0.1) is 0 Å². The van der Waals surface area contributed by atoms with Gasteiger partial charge >= 0.3 is 23.9 Å². The van der Waals surface area contributed by atoms with Gasteiger partial charge in [0.2, 0.25) is 0 Å². The van der Waals surface area contributed by atoms with Crippen molar-refractivity contribution in [3.63, 3.8) is 0 Å². The average molecular weight is 279 g/mol. The summed E-state index contributed by atoms with van der Waals surface area (Å²) in [5, 5.41) is 36.0. The molecule has 0 fully saturated rings. The lowest BCUT2D eigenvalue weighted by Gasteiger charge is -2.17. The molecule has 0 bridgehead atoms. The average Bonchev–Trinajstić information content (AvgIpc) is 2.13. The first-order valence-corrected chi connectivity index (χ1v) is 4.39. The minimum absolute atomic E-state index is 0. The summed E-state index contributed by atoms with van der Waals surface area (Å²) in [4.78, 5) is 41.9. The molecular formula is C8H14AlNO8. The van der Waals surface area contributed by atoms with Gasteiger partial charge in [0.15, 0.2) is 17.4 Å². The molecule has 10 heteroatoms. The summed E-state index contributed by atoms with van der Waals surface area (Å²) in [6, 6.07) is -3.32. The molecule has 102 valence electrons. The Labute approximate surface area is 112 Å².